The van der Waals surface area contributed by atoms with E-state index >= 15 is 0 Å². The summed E-state index contributed by atoms with van der Waals surface area (Å²) in [4.78, 5) is 84.0. The molecule has 0 spiro atoms. The smallest absolute Gasteiger partial charge is 0.399 e. The van der Waals surface area contributed by atoms with Crippen LogP contribution in [0.15, 0.2) is 211 Å². The Morgan fingerprint density at radius 1 is 0.442 bits per heavy atom. The lowest BCUT2D eigenvalue weighted by Crippen LogP contribution is -2.46. The van der Waals surface area contributed by atoms with Gasteiger partial charge in [-0.3, -0.25) is 9.97 Å². The fourth-order valence-electron chi connectivity index (χ4n) is 16.5. The molecule has 0 radical (unpaired) electrons. The molecule has 138 heavy (non-hydrogen) atoms. The van der Waals surface area contributed by atoms with Crippen molar-refractivity contribution >= 4 is 172 Å². The van der Waals surface area contributed by atoms with E-state index < -0.39 is 9.85 Å². The predicted molar refractivity (Wildman–Crippen MR) is 565 cm³/mol. The number of halogens is 5. The number of nitrogen functional groups attached to an aromatic ring is 1. The van der Waals surface area contributed by atoms with Gasteiger partial charge in [0.25, 0.3) is 0 Å². The zero-order valence-electron chi connectivity index (χ0n) is 79.6. The Hall–Kier alpha value is -11.4. The van der Waals surface area contributed by atoms with E-state index in [0.717, 1.165) is 226 Å². The third-order valence-corrected chi connectivity index (χ3v) is 26.9. The first-order valence-electron chi connectivity index (χ1n) is 46.7. The second-order valence-electron chi connectivity index (χ2n) is 34.7. The zero-order valence-corrected chi connectivity index (χ0v) is 85.1. The van der Waals surface area contributed by atoms with Crippen LogP contribution in [-0.4, -0.2) is 279 Å². The summed E-state index contributed by atoms with van der Waals surface area (Å²) in [6.45, 7) is 46.8. The first kappa shape index (κ1) is 104. The Kier molecular flexibility index (Phi) is 37.6. The van der Waals surface area contributed by atoms with Gasteiger partial charge in [0.15, 0.2) is 29.3 Å². The number of hydrogen-bond donors (Lipinski definition) is 4. The fraction of sp³-hybridized carbons (Fsp3) is 0.388. The van der Waals surface area contributed by atoms with E-state index in [9.17, 15) is 20.2 Å². The van der Waals surface area contributed by atoms with Gasteiger partial charge < -0.3 is 109 Å². The van der Waals surface area contributed by atoms with Crippen LogP contribution < -0.4 is 46.7 Å². The number of rotatable bonds is 17. The average molecular weight is 2070 g/mol. The molecule has 728 valence electrons. The molecule has 0 amide bonds. The molecule has 40 heteroatoms. The lowest BCUT2D eigenvalue weighted by atomic mass is 9.79. The van der Waals surface area contributed by atoms with E-state index in [-0.39, 0.29) is 42.4 Å². The molecule has 34 nitrogen and oxygen atoms in total. The average Bonchev–Trinajstić information content (AvgIpc) is 1.62. The maximum Gasteiger partial charge on any atom is 0.496 e. The van der Waals surface area contributed by atoms with Gasteiger partial charge in [-0.1, -0.05) is 76.0 Å². The Labute approximate surface area is 839 Å². The number of nitrogens with zero attached hydrogens (tertiary/aromatic N) is 24. The maximum absolute atomic E-state index is 10.5. The summed E-state index contributed by atoms with van der Waals surface area (Å²) in [7, 11) is -0.312. The lowest BCUT2D eigenvalue weighted by Gasteiger charge is -2.35. The molecule has 5 N–H and O–H groups in total. The van der Waals surface area contributed by atoms with Gasteiger partial charge in [-0.2, -0.15) is 0 Å². The highest BCUT2D eigenvalue weighted by molar-refractivity contribution is 9.11. The number of aromatic nitrogens is 13. The highest BCUT2D eigenvalue weighted by Gasteiger charge is 2.52. The number of allylic oxidation sites excluding steroid dienone is 2. The van der Waals surface area contributed by atoms with E-state index in [2.05, 4.69) is 266 Å². The summed E-state index contributed by atoms with van der Waals surface area (Å²) in [5.74, 6) is 1.95. The van der Waals surface area contributed by atoms with Crippen LogP contribution in [0.4, 0.5) is 63.2 Å². The molecule has 0 aromatic carbocycles. The van der Waals surface area contributed by atoms with E-state index in [0.29, 0.717) is 15.9 Å². The van der Waals surface area contributed by atoms with Crippen LogP contribution in [0.25, 0.3) is 40.2 Å². The molecule has 0 atom stereocenters. The molecule has 2 aliphatic carbocycles. The van der Waals surface area contributed by atoms with Crippen LogP contribution in [0.2, 0.25) is 10.0 Å². The monoisotopic (exact) mass is 2060 g/mol. The van der Waals surface area contributed by atoms with Gasteiger partial charge in [0, 0.05) is 228 Å². The Bertz CT molecular complexity index is 6140. The Morgan fingerprint density at radius 2 is 0.841 bits per heavy atom. The third-order valence-electron chi connectivity index (χ3n) is 25.5. The number of piperazine rings is 5. The Balaban J connectivity index is 0.000000138. The summed E-state index contributed by atoms with van der Waals surface area (Å²) < 4.78 is 19.5. The number of anilines is 9. The van der Waals surface area contributed by atoms with Gasteiger partial charge in [0.1, 0.15) is 17.5 Å². The molecular formula is C98H122BBr2Cl3N28O6. The number of hydrogen-bond acceptors (Lipinski definition) is 29. The van der Waals surface area contributed by atoms with Crippen LogP contribution >= 0.6 is 67.5 Å². The lowest BCUT2D eigenvalue weighted by molar-refractivity contribution is -0.389. The zero-order chi connectivity index (χ0) is 96.5. The van der Waals surface area contributed by atoms with Crippen LogP contribution in [0.1, 0.15) is 84.8 Å². The number of fused-ring (bicyclic) bond motifs is 5. The fourth-order valence-corrected chi connectivity index (χ4v) is 17.8. The van der Waals surface area contributed by atoms with Crippen molar-refractivity contribution in [2.75, 3.05) is 200 Å². The molecule has 13 aromatic rings. The van der Waals surface area contributed by atoms with E-state index in [1.165, 1.54) is 79.2 Å². The van der Waals surface area contributed by atoms with Crippen molar-refractivity contribution < 1.29 is 19.2 Å². The molecule has 0 bridgehead atoms. The second-order valence-corrected chi connectivity index (χ2v) is 37.3. The van der Waals surface area contributed by atoms with Crippen LogP contribution in [0.3, 0.4) is 0 Å². The summed E-state index contributed by atoms with van der Waals surface area (Å²) in [6, 6.07) is 28.6. The summed E-state index contributed by atoms with van der Waals surface area (Å²) in [6.07, 6.45) is 39.6. The Morgan fingerprint density at radius 3 is 1.26 bits per heavy atom. The van der Waals surface area contributed by atoms with Crippen molar-refractivity contribution in [3.8, 4) is 11.1 Å². The summed E-state index contributed by atoms with van der Waals surface area (Å²) in [5, 5.41) is 32.0. The first-order chi connectivity index (χ1) is 66.3. The van der Waals surface area contributed by atoms with Crippen molar-refractivity contribution in [2.45, 2.75) is 86.4 Å². The van der Waals surface area contributed by atoms with Crippen molar-refractivity contribution in [1.82, 2.24) is 92.9 Å². The van der Waals surface area contributed by atoms with Gasteiger partial charge in [-0.15, -0.1) is 12.4 Å². The van der Waals surface area contributed by atoms with E-state index in [1.807, 2.05) is 112 Å². The minimum atomic E-state index is -0.535. The molecule has 19 heterocycles. The molecule has 0 unspecified atom stereocenters. The van der Waals surface area contributed by atoms with Crippen molar-refractivity contribution in [3.63, 3.8) is 0 Å². The van der Waals surface area contributed by atoms with E-state index in [1.54, 1.807) is 30.7 Å². The van der Waals surface area contributed by atoms with Crippen LogP contribution in [-0.2, 0) is 22.2 Å². The molecule has 6 fully saturated rings. The van der Waals surface area contributed by atoms with Crippen molar-refractivity contribution in [2.24, 2.45) is 0 Å². The quantitative estimate of drug-likeness (QED) is 0.0374. The molecule has 0 saturated carbocycles. The first-order valence-corrected chi connectivity index (χ1v) is 49.0. The van der Waals surface area contributed by atoms with Crippen molar-refractivity contribution in [3.05, 3.63) is 264 Å². The molecule has 8 aliphatic rings. The molecule has 6 aliphatic heterocycles. The standard InChI is InChI=1S/C26H27N7.C18H21ClN6.C14H18BNO2.C11H16N4O2.C11H18N4.C7H4BrClN2.C6H14N2.C5H3BrN2O2.ClH/c1-2-31-10-12-32(13-11-31)22-6-7-25(29-17-22)30-24-15-21(18-33-9-8-27-26(24)33)20-14-19-4-3-5-23(19)28-16-20;1-2-23-7-9-24(10-8-23)15-3-4-17(21-12-15)22-16-11-14(19)13-25-6-5-20-18(16)25;1-13(2)14(3,4)18-15(17-13)11-8-10-6-5-7-12(10)16-9-11;1-2-13-5-7-14(8-6-13)10-3-4-11(12-9-10)15(16)17;1-2-14-5-7-15(8-6-14)10-3-4-11(12)13-9-10;8-6-3-5(9)4-11-2-1-10-7(6)11;1-2-8-5-3-7-4-6-8;6-4-1-2-5(7-3-4)8(9)10;/h3,5-9,14-18H,2,4,10-13H2,1H3,(H,29,30);3-6,11-13H,2,7-10H2,1H3,(H,21,22);5,7-9H,6H2,1-4H3;3-4,9H,2,5-8H2,1H3;3-4,9H,2,5-8H2,1H3,(H2,12,13);1-4H;7H,2-6H2,1H3;1-3H;1H. The number of nitro groups is 2. The van der Waals surface area contributed by atoms with E-state index in [4.69, 9.17) is 43.2 Å². The topological polar surface area (TPSA) is 338 Å². The summed E-state index contributed by atoms with van der Waals surface area (Å²) >= 11 is 18.4. The second kappa shape index (κ2) is 49.9. The van der Waals surface area contributed by atoms with Crippen LogP contribution in [0.5, 0.6) is 0 Å². The van der Waals surface area contributed by atoms with Gasteiger partial charge >= 0.3 is 18.8 Å². The number of nitrogens with two attached hydrogens (primary N) is 1. The predicted octanol–water partition coefficient (Wildman–Crippen LogP) is 16.2. The van der Waals surface area contributed by atoms with Gasteiger partial charge in [-0.05, 0) is 221 Å². The van der Waals surface area contributed by atoms with Crippen molar-refractivity contribution in [1.29, 1.82) is 0 Å². The number of nitrogens with one attached hydrogen (secondary N) is 3. The minimum Gasteiger partial charge on any atom is -0.399 e. The maximum atomic E-state index is 10.5. The van der Waals surface area contributed by atoms with Gasteiger partial charge in [0.2, 0.25) is 0 Å². The van der Waals surface area contributed by atoms with Crippen LogP contribution in [0, 0.1) is 20.2 Å². The SMILES string of the molecule is CC1(C)OB(c2cnc3c(c2)CC=C3)OC1(C)C.CCN1CCN(c2ccc(N)nc2)CC1.CCN1CCN(c2ccc(Nc3cc(-c4cnc5c(c4)CC=C5)cn4ccnc34)nc2)CC1.CCN1CCN(c2ccc(Nc3cc(Cl)cn4ccnc34)nc2)CC1.CCN1CCN(c2ccc([N+](=O)[O-])nc2)CC1.CCN1CCNCC1.Cl.Clc1cc(Br)c2nccn2c1.O=[N+]([O-])c1ccc(Br)cn1. The third kappa shape index (κ3) is 28.2. The van der Waals surface area contributed by atoms with Gasteiger partial charge in [0.05, 0.1) is 94.3 Å². The normalized spacial score (nSPS) is 16.7. The summed E-state index contributed by atoms with van der Waals surface area (Å²) in [5.41, 5.74) is 21.7. The molecule has 21 rings (SSSR count). The largest absolute Gasteiger partial charge is 0.496 e. The number of likely N-dealkylation sites (N-methyl/N-ethyl adjacent to an activating group) is 5. The number of pyridine rings is 10. The molecular weight excluding hydrogens is 1940 g/mol. The van der Waals surface area contributed by atoms with Gasteiger partial charge in [-0.25, -0.2) is 29.9 Å². The highest BCUT2D eigenvalue weighted by atomic mass is 79.9. The molecule has 6 saturated heterocycles. The number of imidazole rings is 3. The highest BCUT2D eigenvalue weighted by Crippen LogP contribution is 2.38. The molecule has 13 aromatic heterocycles. The minimum absolute atomic E-state index is 0.